The number of thiol groups is 1. The molecule has 15 heavy (non-hydrogen) atoms. The maximum Gasteiger partial charge on any atom is 0.0107 e. The first kappa shape index (κ1) is 12.6. The second kappa shape index (κ2) is 6.19. The molecule has 1 aromatic rings. The van der Waals surface area contributed by atoms with Gasteiger partial charge in [-0.15, -0.1) is 12.6 Å². The number of nitrogens with zero attached hydrogens (tertiary/aromatic N) is 1. The standard InChI is InChI=1S/C13H21NS/c1-4-14(5-2)11(3)10-12-6-8-13(15)9-7-12/h6-9,11,15H,4-5,10H2,1-3H3. The van der Waals surface area contributed by atoms with E-state index < -0.39 is 0 Å². The van der Waals surface area contributed by atoms with Gasteiger partial charge in [-0.25, -0.2) is 0 Å². The Bertz CT molecular complexity index is 277. The van der Waals surface area contributed by atoms with E-state index in [0.29, 0.717) is 6.04 Å². The van der Waals surface area contributed by atoms with E-state index in [9.17, 15) is 0 Å². The third kappa shape index (κ3) is 3.88. The van der Waals surface area contributed by atoms with E-state index in [4.69, 9.17) is 0 Å². The number of hydrogen-bond donors (Lipinski definition) is 1. The summed E-state index contributed by atoms with van der Waals surface area (Å²) in [5.74, 6) is 0. The predicted molar refractivity (Wildman–Crippen MR) is 69.8 cm³/mol. The van der Waals surface area contributed by atoms with Crippen LogP contribution in [0, 0.1) is 0 Å². The SMILES string of the molecule is CCN(CC)C(C)Cc1ccc(S)cc1. The normalized spacial score (nSPS) is 13.1. The van der Waals surface area contributed by atoms with Crippen molar-refractivity contribution in [3.63, 3.8) is 0 Å². The molecule has 0 aromatic heterocycles. The van der Waals surface area contributed by atoms with Crippen LogP contribution in [0.25, 0.3) is 0 Å². The Labute approximate surface area is 98.9 Å². The van der Waals surface area contributed by atoms with E-state index in [1.54, 1.807) is 0 Å². The predicted octanol–water partition coefficient (Wildman–Crippen LogP) is 3.25. The molecule has 0 saturated heterocycles. The lowest BCUT2D eigenvalue weighted by molar-refractivity contribution is 0.230. The maximum absolute atomic E-state index is 4.29. The molecule has 1 atom stereocenters. The molecule has 0 aliphatic heterocycles. The van der Waals surface area contributed by atoms with E-state index in [1.807, 2.05) is 0 Å². The Balaban J connectivity index is 2.57. The summed E-state index contributed by atoms with van der Waals surface area (Å²) in [7, 11) is 0. The molecule has 0 aliphatic rings. The van der Waals surface area contributed by atoms with Crippen LogP contribution in [0.1, 0.15) is 26.3 Å². The molecule has 1 nitrogen and oxygen atoms in total. The molecule has 0 amide bonds. The topological polar surface area (TPSA) is 3.24 Å². The summed E-state index contributed by atoms with van der Waals surface area (Å²) in [5, 5.41) is 0. The zero-order valence-corrected chi connectivity index (χ0v) is 10.8. The summed E-state index contributed by atoms with van der Waals surface area (Å²) in [5.41, 5.74) is 1.40. The lowest BCUT2D eigenvalue weighted by atomic mass is 10.1. The van der Waals surface area contributed by atoms with Crippen molar-refractivity contribution in [2.24, 2.45) is 0 Å². The fourth-order valence-electron chi connectivity index (χ4n) is 1.95. The Morgan fingerprint density at radius 2 is 1.67 bits per heavy atom. The van der Waals surface area contributed by atoms with Gasteiger partial charge in [-0.05, 0) is 44.1 Å². The molecule has 0 N–H and O–H groups in total. The molecule has 1 aromatic carbocycles. The smallest absolute Gasteiger partial charge is 0.0107 e. The van der Waals surface area contributed by atoms with E-state index >= 15 is 0 Å². The maximum atomic E-state index is 4.29. The number of likely N-dealkylation sites (N-methyl/N-ethyl adjacent to an activating group) is 1. The van der Waals surface area contributed by atoms with Gasteiger partial charge in [0.15, 0.2) is 0 Å². The number of rotatable bonds is 5. The van der Waals surface area contributed by atoms with E-state index in [-0.39, 0.29) is 0 Å². The molecule has 0 aliphatic carbocycles. The minimum Gasteiger partial charge on any atom is -0.301 e. The van der Waals surface area contributed by atoms with Crippen LogP contribution in [-0.4, -0.2) is 24.0 Å². The number of benzene rings is 1. The lowest BCUT2D eigenvalue weighted by Crippen LogP contribution is -2.34. The van der Waals surface area contributed by atoms with Crippen LogP contribution in [0.3, 0.4) is 0 Å². The lowest BCUT2D eigenvalue weighted by Gasteiger charge is -2.26. The third-order valence-electron chi connectivity index (χ3n) is 2.90. The highest BCUT2D eigenvalue weighted by Gasteiger charge is 2.10. The van der Waals surface area contributed by atoms with Crippen molar-refractivity contribution in [1.82, 2.24) is 4.90 Å². The second-order valence-electron chi connectivity index (χ2n) is 3.94. The van der Waals surface area contributed by atoms with E-state index in [2.05, 4.69) is 62.6 Å². The Morgan fingerprint density at radius 1 is 1.13 bits per heavy atom. The highest BCUT2D eigenvalue weighted by Crippen LogP contribution is 2.12. The van der Waals surface area contributed by atoms with E-state index in [0.717, 1.165) is 24.4 Å². The molecule has 1 rings (SSSR count). The van der Waals surface area contributed by atoms with Gasteiger partial charge in [0.2, 0.25) is 0 Å². The zero-order chi connectivity index (χ0) is 11.3. The van der Waals surface area contributed by atoms with Gasteiger partial charge in [-0.3, -0.25) is 0 Å². The van der Waals surface area contributed by atoms with Crippen LogP contribution in [0.2, 0.25) is 0 Å². The van der Waals surface area contributed by atoms with Crippen LogP contribution in [0.15, 0.2) is 29.2 Å². The fourth-order valence-corrected chi connectivity index (χ4v) is 2.10. The van der Waals surface area contributed by atoms with Crippen molar-refractivity contribution >= 4 is 12.6 Å². The fraction of sp³-hybridized carbons (Fsp3) is 0.538. The van der Waals surface area contributed by atoms with Gasteiger partial charge in [0.05, 0.1) is 0 Å². The first-order valence-corrected chi connectivity index (χ1v) is 6.14. The summed E-state index contributed by atoms with van der Waals surface area (Å²) >= 11 is 4.29. The zero-order valence-electron chi connectivity index (χ0n) is 9.90. The molecule has 0 heterocycles. The molecule has 0 fully saturated rings. The van der Waals surface area contributed by atoms with Gasteiger partial charge in [-0.2, -0.15) is 0 Å². The van der Waals surface area contributed by atoms with Crippen LogP contribution >= 0.6 is 12.6 Å². The highest BCUT2D eigenvalue weighted by atomic mass is 32.1. The highest BCUT2D eigenvalue weighted by molar-refractivity contribution is 7.80. The van der Waals surface area contributed by atoms with Crippen LogP contribution in [0.4, 0.5) is 0 Å². The first-order valence-electron chi connectivity index (χ1n) is 5.69. The Morgan fingerprint density at radius 3 is 2.13 bits per heavy atom. The quantitative estimate of drug-likeness (QED) is 0.750. The average Bonchev–Trinajstić information content (AvgIpc) is 2.23. The van der Waals surface area contributed by atoms with Gasteiger partial charge in [0, 0.05) is 10.9 Å². The molecular formula is C13H21NS. The van der Waals surface area contributed by atoms with Crippen molar-refractivity contribution in [2.75, 3.05) is 13.1 Å². The van der Waals surface area contributed by atoms with Crippen molar-refractivity contribution in [1.29, 1.82) is 0 Å². The second-order valence-corrected chi connectivity index (χ2v) is 4.46. The van der Waals surface area contributed by atoms with Crippen LogP contribution in [0.5, 0.6) is 0 Å². The van der Waals surface area contributed by atoms with Gasteiger partial charge in [0.1, 0.15) is 0 Å². The van der Waals surface area contributed by atoms with Crippen LogP contribution in [-0.2, 0) is 6.42 Å². The third-order valence-corrected chi connectivity index (χ3v) is 3.20. The van der Waals surface area contributed by atoms with Crippen molar-refractivity contribution < 1.29 is 0 Å². The van der Waals surface area contributed by atoms with Gasteiger partial charge >= 0.3 is 0 Å². The summed E-state index contributed by atoms with van der Waals surface area (Å²) in [6.45, 7) is 8.99. The molecule has 0 radical (unpaired) electrons. The molecule has 84 valence electrons. The Hall–Kier alpha value is -0.470. The minimum absolute atomic E-state index is 0.616. The summed E-state index contributed by atoms with van der Waals surface area (Å²) in [6, 6.07) is 9.08. The van der Waals surface area contributed by atoms with Crippen molar-refractivity contribution in [3.05, 3.63) is 29.8 Å². The average molecular weight is 223 g/mol. The molecule has 2 heteroatoms. The van der Waals surface area contributed by atoms with Gasteiger partial charge < -0.3 is 4.90 Å². The number of hydrogen-bond acceptors (Lipinski definition) is 2. The molecule has 0 bridgehead atoms. The molecule has 1 unspecified atom stereocenters. The monoisotopic (exact) mass is 223 g/mol. The largest absolute Gasteiger partial charge is 0.301 e. The summed E-state index contributed by atoms with van der Waals surface area (Å²) in [4.78, 5) is 3.52. The van der Waals surface area contributed by atoms with Gasteiger partial charge in [-0.1, -0.05) is 26.0 Å². The molecule has 0 saturated carbocycles. The Kier molecular flexibility index (Phi) is 5.20. The minimum atomic E-state index is 0.616. The molecule has 0 spiro atoms. The van der Waals surface area contributed by atoms with Crippen LogP contribution < -0.4 is 0 Å². The van der Waals surface area contributed by atoms with E-state index in [1.165, 1.54) is 5.56 Å². The van der Waals surface area contributed by atoms with Crippen molar-refractivity contribution in [3.8, 4) is 0 Å². The summed E-state index contributed by atoms with van der Waals surface area (Å²) < 4.78 is 0. The van der Waals surface area contributed by atoms with Gasteiger partial charge in [0.25, 0.3) is 0 Å². The summed E-state index contributed by atoms with van der Waals surface area (Å²) in [6.07, 6.45) is 1.12. The first-order chi connectivity index (χ1) is 7.17. The van der Waals surface area contributed by atoms with Crippen molar-refractivity contribution in [2.45, 2.75) is 38.1 Å². The molecular weight excluding hydrogens is 202 g/mol.